The molecule has 7 heteroatoms. The van der Waals surface area contributed by atoms with Gasteiger partial charge in [0, 0.05) is 6.07 Å². The molecule has 0 saturated heterocycles. The first-order valence-electron chi connectivity index (χ1n) is 4.21. The van der Waals surface area contributed by atoms with Gasteiger partial charge in [-0.05, 0) is 18.2 Å². The Balaban J connectivity index is 2.61. The van der Waals surface area contributed by atoms with Crippen molar-refractivity contribution in [3.05, 3.63) is 42.1 Å². The molecule has 0 aliphatic rings. The van der Waals surface area contributed by atoms with Crippen LogP contribution >= 0.6 is 0 Å². The molecule has 0 fully saturated rings. The summed E-state index contributed by atoms with van der Waals surface area (Å²) in [7, 11) is -4.00. The minimum absolute atomic E-state index is 0.238. The molecule has 84 valence electrons. The van der Waals surface area contributed by atoms with Gasteiger partial charge in [-0.15, -0.1) is 0 Å². The predicted octanol–water partition coefficient (Wildman–Crippen LogP) is 1.52. The van der Waals surface area contributed by atoms with Crippen LogP contribution in [0.4, 0.5) is 8.78 Å². The van der Waals surface area contributed by atoms with E-state index >= 15 is 0 Å². The molecular weight excluding hydrogens is 238 g/mol. The number of benzene rings is 1. The van der Waals surface area contributed by atoms with Crippen molar-refractivity contribution < 1.29 is 17.2 Å². The number of nitrogens with one attached hydrogen (secondary N) is 1. The van der Waals surface area contributed by atoms with Gasteiger partial charge in [0.2, 0.25) is 9.84 Å². The van der Waals surface area contributed by atoms with Gasteiger partial charge in [0.15, 0.2) is 5.03 Å². The molecule has 0 radical (unpaired) electrons. The summed E-state index contributed by atoms with van der Waals surface area (Å²) in [5.41, 5.74) is 0. The second-order valence-corrected chi connectivity index (χ2v) is 4.89. The van der Waals surface area contributed by atoms with Crippen molar-refractivity contribution in [3.63, 3.8) is 0 Å². The lowest BCUT2D eigenvalue weighted by Crippen LogP contribution is -2.05. The van der Waals surface area contributed by atoms with Crippen LogP contribution in [-0.2, 0) is 9.84 Å². The van der Waals surface area contributed by atoms with Crippen molar-refractivity contribution in [1.29, 1.82) is 0 Å². The summed E-state index contributed by atoms with van der Waals surface area (Å²) in [5, 5.41) is 5.44. The number of hydrogen-bond donors (Lipinski definition) is 1. The Labute approximate surface area is 89.8 Å². The number of nitrogens with zero attached hydrogens (tertiary/aromatic N) is 1. The van der Waals surface area contributed by atoms with Crippen LogP contribution in [-0.4, -0.2) is 18.6 Å². The molecule has 0 bridgehead atoms. The monoisotopic (exact) mass is 244 g/mol. The Morgan fingerprint density at radius 2 is 1.94 bits per heavy atom. The fourth-order valence-electron chi connectivity index (χ4n) is 1.20. The van der Waals surface area contributed by atoms with Crippen LogP contribution in [0.5, 0.6) is 0 Å². The fraction of sp³-hybridized carbons (Fsp3) is 0. The van der Waals surface area contributed by atoms with E-state index in [9.17, 15) is 17.2 Å². The van der Waals surface area contributed by atoms with Gasteiger partial charge in [0.25, 0.3) is 0 Å². The highest BCUT2D eigenvalue weighted by Crippen LogP contribution is 2.21. The average molecular weight is 244 g/mol. The second-order valence-electron chi connectivity index (χ2n) is 3.00. The molecular formula is C9H6F2N2O2S. The molecule has 0 atom stereocenters. The van der Waals surface area contributed by atoms with E-state index in [0.717, 1.165) is 12.1 Å². The van der Waals surface area contributed by atoms with Crippen molar-refractivity contribution in [2.75, 3.05) is 0 Å². The van der Waals surface area contributed by atoms with Crippen LogP contribution in [0, 0.1) is 11.6 Å². The average Bonchev–Trinajstić information content (AvgIpc) is 2.69. The van der Waals surface area contributed by atoms with Crippen LogP contribution in [0.2, 0.25) is 0 Å². The van der Waals surface area contributed by atoms with E-state index in [0.29, 0.717) is 6.07 Å². The highest BCUT2D eigenvalue weighted by molar-refractivity contribution is 7.91. The molecule has 2 rings (SSSR count). The minimum Gasteiger partial charge on any atom is -0.267 e. The van der Waals surface area contributed by atoms with E-state index in [4.69, 9.17) is 0 Å². The van der Waals surface area contributed by atoms with Gasteiger partial charge in [-0.3, -0.25) is 5.10 Å². The number of sulfone groups is 1. The Morgan fingerprint density at radius 1 is 1.19 bits per heavy atom. The Hall–Kier alpha value is -1.76. The summed E-state index contributed by atoms with van der Waals surface area (Å²) in [5.74, 6) is -1.96. The van der Waals surface area contributed by atoms with Gasteiger partial charge >= 0.3 is 0 Å². The zero-order valence-corrected chi connectivity index (χ0v) is 8.63. The van der Waals surface area contributed by atoms with E-state index in [-0.39, 0.29) is 5.03 Å². The van der Waals surface area contributed by atoms with Gasteiger partial charge < -0.3 is 0 Å². The lowest BCUT2D eigenvalue weighted by Gasteiger charge is -2.02. The second kappa shape index (κ2) is 3.67. The maximum absolute atomic E-state index is 13.3. The van der Waals surface area contributed by atoms with E-state index in [1.54, 1.807) is 0 Å². The topological polar surface area (TPSA) is 62.8 Å². The van der Waals surface area contributed by atoms with Crippen LogP contribution in [0.3, 0.4) is 0 Å². The van der Waals surface area contributed by atoms with Crippen molar-refractivity contribution in [2.45, 2.75) is 9.92 Å². The summed E-state index contributed by atoms with van der Waals surface area (Å²) in [4.78, 5) is -0.585. The molecule has 0 unspecified atom stereocenters. The number of aromatic nitrogens is 2. The molecule has 1 aromatic heterocycles. The summed E-state index contributed by atoms with van der Waals surface area (Å²) in [6, 6.07) is 3.47. The minimum atomic E-state index is -4.00. The van der Waals surface area contributed by atoms with Crippen molar-refractivity contribution in [3.8, 4) is 0 Å². The van der Waals surface area contributed by atoms with Gasteiger partial charge in [0.05, 0.1) is 6.20 Å². The third kappa shape index (κ3) is 1.69. The smallest absolute Gasteiger partial charge is 0.226 e. The van der Waals surface area contributed by atoms with Gasteiger partial charge in [-0.1, -0.05) is 0 Å². The molecule has 1 heterocycles. The molecule has 16 heavy (non-hydrogen) atoms. The third-order valence-corrected chi connectivity index (χ3v) is 3.66. The van der Waals surface area contributed by atoms with E-state index in [2.05, 4.69) is 10.2 Å². The molecule has 2 aromatic rings. The first-order chi connectivity index (χ1) is 7.51. The molecule has 0 amide bonds. The molecule has 0 aliphatic heterocycles. The predicted molar refractivity (Wildman–Crippen MR) is 50.4 cm³/mol. The number of halogens is 2. The van der Waals surface area contributed by atoms with Crippen LogP contribution in [0.25, 0.3) is 0 Å². The number of H-pyrrole nitrogens is 1. The SMILES string of the molecule is O=S(=O)(c1ccn[nH]1)c1ccc(F)cc1F. The van der Waals surface area contributed by atoms with E-state index in [1.807, 2.05) is 0 Å². The zero-order valence-electron chi connectivity index (χ0n) is 7.81. The molecule has 1 N–H and O–H groups in total. The Bertz CT molecular complexity index is 608. The highest BCUT2D eigenvalue weighted by atomic mass is 32.2. The van der Waals surface area contributed by atoms with Gasteiger partial charge in [-0.2, -0.15) is 5.10 Å². The maximum Gasteiger partial charge on any atom is 0.226 e. The Morgan fingerprint density at radius 3 is 2.50 bits per heavy atom. The van der Waals surface area contributed by atoms with E-state index in [1.165, 1.54) is 12.3 Å². The molecule has 0 saturated carbocycles. The maximum atomic E-state index is 13.3. The van der Waals surface area contributed by atoms with E-state index < -0.39 is 26.4 Å². The van der Waals surface area contributed by atoms with Crippen LogP contribution in [0.15, 0.2) is 40.4 Å². The normalized spacial score (nSPS) is 11.6. The van der Waals surface area contributed by atoms with Crippen LogP contribution in [0.1, 0.15) is 0 Å². The zero-order chi connectivity index (χ0) is 11.8. The van der Waals surface area contributed by atoms with Crippen molar-refractivity contribution in [2.24, 2.45) is 0 Å². The summed E-state index contributed by atoms with van der Waals surface area (Å²) in [6.07, 6.45) is 1.23. The Kier molecular flexibility index (Phi) is 2.47. The quantitative estimate of drug-likeness (QED) is 0.815. The number of hydrogen-bond acceptors (Lipinski definition) is 3. The lowest BCUT2D eigenvalue weighted by molar-refractivity contribution is 0.547. The van der Waals surface area contributed by atoms with Crippen LogP contribution < -0.4 is 0 Å². The standard InChI is InChI=1S/C9H6F2N2O2S/c10-6-1-2-8(7(11)5-6)16(14,15)9-3-4-12-13-9/h1-5H,(H,12,13). The first-order valence-corrected chi connectivity index (χ1v) is 5.69. The first kappa shape index (κ1) is 10.7. The molecule has 0 aliphatic carbocycles. The lowest BCUT2D eigenvalue weighted by atomic mass is 10.3. The number of aromatic amines is 1. The van der Waals surface area contributed by atoms with Crippen molar-refractivity contribution in [1.82, 2.24) is 10.2 Å². The third-order valence-electron chi connectivity index (χ3n) is 1.95. The molecule has 0 spiro atoms. The largest absolute Gasteiger partial charge is 0.267 e. The van der Waals surface area contributed by atoms with Crippen molar-refractivity contribution >= 4 is 9.84 Å². The summed E-state index contributed by atoms with van der Waals surface area (Å²) < 4.78 is 49.5. The summed E-state index contributed by atoms with van der Waals surface area (Å²) >= 11 is 0. The molecule has 4 nitrogen and oxygen atoms in total. The van der Waals surface area contributed by atoms with Gasteiger partial charge in [-0.25, -0.2) is 17.2 Å². The fourth-order valence-corrected chi connectivity index (χ4v) is 2.42. The highest BCUT2D eigenvalue weighted by Gasteiger charge is 2.23. The summed E-state index contributed by atoms with van der Waals surface area (Å²) in [6.45, 7) is 0. The number of rotatable bonds is 2. The van der Waals surface area contributed by atoms with Gasteiger partial charge in [0.1, 0.15) is 16.5 Å². The molecule has 1 aromatic carbocycles.